The van der Waals surface area contributed by atoms with Crippen molar-refractivity contribution < 1.29 is 9.47 Å². The van der Waals surface area contributed by atoms with E-state index in [-0.39, 0.29) is 0 Å². The summed E-state index contributed by atoms with van der Waals surface area (Å²) >= 11 is 5.71. The third kappa shape index (κ3) is 5.44. The third-order valence-corrected chi connectivity index (χ3v) is 4.60. The van der Waals surface area contributed by atoms with Crippen LogP contribution in [0.2, 0.25) is 0 Å². The lowest BCUT2D eigenvalue weighted by Crippen LogP contribution is -2.33. The van der Waals surface area contributed by atoms with Gasteiger partial charge in [0, 0.05) is 37.2 Å². The normalized spacial score (nSPS) is 10.2. The second-order valence-corrected chi connectivity index (χ2v) is 6.61. The number of pyridine rings is 1. The van der Waals surface area contributed by atoms with Crippen molar-refractivity contribution in [3.8, 4) is 11.5 Å². The quantitative estimate of drug-likeness (QED) is 0.597. The molecular weight excluding hydrogens is 370 g/mol. The summed E-state index contributed by atoms with van der Waals surface area (Å²) in [5.74, 6) is 1.61. The SMILES string of the molecule is COc1ccc(CN(Cc2cccnc2)C(=S)Nc2cccc(OC)c2)cc1. The van der Waals surface area contributed by atoms with Crippen molar-refractivity contribution in [2.75, 3.05) is 19.5 Å². The molecule has 0 amide bonds. The number of ether oxygens (including phenoxy) is 2. The van der Waals surface area contributed by atoms with Crippen LogP contribution >= 0.6 is 12.2 Å². The highest BCUT2D eigenvalue weighted by molar-refractivity contribution is 7.80. The van der Waals surface area contributed by atoms with Gasteiger partial charge in [-0.25, -0.2) is 0 Å². The summed E-state index contributed by atoms with van der Waals surface area (Å²) in [6.07, 6.45) is 3.62. The molecule has 0 fully saturated rings. The molecule has 28 heavy (non-hydrogen) atoms. The van der Waals surface area contributed by atoms with Crippen LogP contribution in [0.3, 0.4) is 0 Å². The van der Waals surface area contributed by atoms with Gasteiger partial charge in [0.2, 0.25) is 0 Å². The standard InChI is InChI=1S/C22H23N3O2S/c1-26-20-10-8-17(9-11-20)15-25(16-18-5-4-12-23-14-18)22(28)24-19-6-3-7-21(13-19)27-2/h3-14H,15-16H2,1-2H3,(H,24,28). The van der Waals surface area contributed by atoms with Crippen LogP contribution in [0.25, 0.3) is 0 Å². The van der Waals surface area contributed by atoms with E-state index in [2.05, 4.69) is 15.2 Å². The first-order valence-corrected chi connectivity index (χ1v) is 9.30. The molecule has 6 heteroatoms. The number of anilines is 1. The van der Waals surface area contributed by atoms with Crippen LogP contribution in [0, 0.1) is 0 Å². The van der Waals surface area contributed by atoms with Gasteiger partial charge >= 0.3 is 0 Å². The topological polar surface area (TPSA) is 46.6 Å². The van der Waals surface area contributed by atoms with Crippen LogP contribution in [-0.2, 0) is 13.1 Å². The second-order valence-electron chi connectivity index (χ2n) is 6.23. The van der Waals surface area contributed by atoms with Gasteiger partial charge in [-0.1, -0.05) is 24.3 Å². The Labute approximate surface area is 170 Å². The molecule has 1 N–H and O–H groups in total. The number of rotatable bonds is 7. The van der Waals surface area contributed by atoms with Gasteiger partial charge in [-0.2, -0.15) is 0 Å². The Morgan fingerprint density at radius 3 is 2.36 bits per heavy atom. The molecule has 0 aliphatic rings. The molecule has 1 heterocycles. The number of nitrogens with zero attached hydrogens (tertiary/aromatic N) is 2. The summed E-state index contributed by atoms with van der Waals surface area (Å²) in [5, 5.41) is 3.94. The van der Waals surface area contributed by atoms with Crippen LogP contribution < -0.4 is 14.8 Å². The van der Waals surface area contributed by atoms with E-state index in [4.69, 9.17) is 21.7 Å². The van der Waals surface area contributed by atoms with Crippen molar-refractivity contribution >= 4 is 23.0 Å². The highest BCUT2D eigenvalue weighted by Gasteiger charge is 2.12. The fourth-order valence-electron chi connectivity index (χ4n) is 2.77. The molecular formula is C22H23N3O2S. The Morgan fingerprint density at radius 2 is 1.68 bits per heavy atom. The maximum absolute atomic E-state index is 5.71. The van der Waals surface area contributed by atoms with Gasteiger partial charge in [-0.3, -0.25) is 4.98 Å². The second kappa shape index (κ2) is 9.71. The van der Waals surface area contributed by atoms with E-state index in [1.165, 1.54) is 0 Å². The number of thiocarbonyl (C=S) groups is 1. The number of nitrogens with one attached hydrogen (secondary N) is 1. The number of aromatic nitrogens is 1. The molecule has 1 aromatic heterocycles. The van der Waals surface area contributed by atoms with Gasteiger partial charge < -0.3 is 19.7 Å². The van der Waals surface area contributed by atoms with Crippen molar-refractivity contribution in [1.29, 1.82) is 0 Å². The lowest BCUT2D eigenvalue weighted by Gasteiger charge is -2.26. The molecule has 0 aliphatic carbocycles. The zero-order valence-electron chi connectivity index (χ0n) is 16.0. The lowest BCUT2D eigenvalue weighted by atomic mass is 10.2. The van der Waals surface area contributed by atoms with E-state index in [1.807, 2.05) is 66.9 Å². The van der Waals surface area contributed by atoms with Crippen molar-refractivity contribution in [2.24, 2.45) is 0 Å². The molecule has 144 valence electrons. The molecule has 0 unspecified atom stereocenters. The van der Waals surface area contributed by atoms with Gasteiger partial charge in [0.15, 0.2) is 5.11 Å². The predicted molar refractivity (Wildman–Crippen MR) is 116 cm³/mol. The van der Waals surface area contributed by atoms with Gasteiger partial charge in [0.25, 0.3) is 0 Å². The van der Waals surface area contributed by atoms with Gasteiger partial charge in [0.1, 0.15) is 11.5 Å². The van der Waals surface area contributed by atoms with Crippen LogP contribution in [0.4, 0.5) is 5.69 Å². The van der Waals surface area contributed by atoms with Gasteiger partial charge in [-0.05, 0) is 53.7 Å². The zero-order chi connectivity index (χ0) is 19.8. The predicted octanol–water partition coefficient (Wildman–Crippen LogP) is 4.50. The lowest BCUT2D eigenvalue weighted by molar-refractivity contribution is 0.406. The summed E-state index contributed by atoms with van der Waals surface area (Å²) < 4.78 is 10.5. The molecule has 3 rings (SSSR count). The molecule has 5 nitrogen and oxygen atoms in total. The fraction of sp³-hybridized carbons (Fsp3) is 0.182. The number of hydrogen-bond acceptors (Lipinski definition) is 4. The van der Waals surface area contributed by atoms with Crippen molar-refractivity contribution in [1.82, 2.24) is 9.88 Å². The van der Waals surface area contributed by atoms with Crippen LogP contribution in [0.1, 0.15) is 11.1 Å². The Balaban J connectivity index is 1.78. The number of benzene rings is 2. The van der Waals surface area contributed by atoms with E-state index < -0.39 is 0 Å². The molecule has 3 aromatic rings. The van der Waals surface area contributed by atoms with E-state index in [0.29, 0.717) is 18.2 Å². The Kier molecular flexibility index (Phi) is 6.81. The van der Waals surface area contributed by atoms with Crippen LogP contribution in [-0.4, -0.2) is 29.2 Å². The minimum absolute atomic E-state index is 0.632. The fourth-order valence-corrected chi connectivity index (χ4v) is 3.01. The summed E-state index contributed by atoms with van der Waals surface area (Å²) in [5.41, 5.74) is 3.11. The number of methoxy groups -OCH3 is 2. The molecule has 0 bridgehead atoms. The average molecular weight is 394 g/mol. The monoisotopic (exact) mass is 393 g/mol. The minimum Gasteiger partial charge on any atom is -0.497 e. The van der Waals surface area contributed by atoms with Gasteiger partial charge in [0.05, 0.1) is 14.2 Å². The first-order valence-electron chi connectivity index (χ1n) is 8.90. The highest BCUT2D eigenvalue weighted by Crippen LogP contribution is 2.19. The minimum atomic E-state index is 0.632. The van der Waals surface area contributed by atoms with Gasteiger partial charge in [-0.15, -0.1) is 0 Å². The molecule has 0 atom stereocenters. The molecule has 0 saturated heterocycles. The van der Waals surface area contributed by atoms with E-state index in [0.717, 1.165) is 28.3 Å². The summed E-state index contributed by atoms with van der Waals surface area (Å²) in [7, 11) is 3.31. The molecule has 0 aliphatic heterocycles. The molecule has 0 saturated carbocycles. The summed E-state index contributed by atoms with van der Waals surface area (Å²) in [4.78, 5) is 6.31. The largest absolute Gasteiger partial charge is 0.497 e. The molecule has 0 spiro atoms. The van der Waals surface area contributed by atoms with Crippen LogP contribution in [0.5, 0.6) is 11.5 Å². The summed E-state index contributed by atoms with van der Waals surface area (Å²) in [6.45, 7) is 1.31. The van der Waals surface area contributed by atoms with Crippen molar-refractivity contribution in [3.05, 3.63) is 84.2 Å². The smallest absolute Gasteiger partial charge is 0.174 e. The highest BCUT2D eigenvalue weighted by atomic mass is 32.1. The van der Waals surface area contributed by atoms with Crippen LogP contribution in [0.15, 0.2) is 73.1 Å². The molecule has 2 aromatic carbocycles. The molecule has 0 radical (unpaired) electrons. The van der Waals surface area contributed by atoms with E-state index in [9.17, 15) is 0 Å². The Morgan fingerprint density at radius 1 is 0.929 bits per heavy atom. The number of hydrogen-bond donors (Lipinski definition) is 1. The zero-order valence-corrected chi connectivity index (χ0v) is 16.8. The van der Waals surface area contributed by atoms with E-state index >= 15 is 0 Å². The third-order valence-electron chi connectivity index (χ3n) is 4.24. The Hall–Kier alpha value is -3.12. The van der Waals surface area contributed by atoms with E-state index in [1.54, 1.807) is 20.4 Å². The first kappa shape index (κ1) is 19.6. The summed E-state index contributed by atoms with van der Waals surface area (Å²) in [6, 6.07) is 19.7. The average Bonchev–Trinajstić information content (AvgIpc) is 2.74. The maximum Gasteiger partial charge on any atom is 0.174 e. The van der Waals surface area contributed by atoms with Crippen molar-refractivity contribution in [3.63, 3.8) is 0 Å². The Bertz CT molecular complexity index is 901. The van der Waals surface area contributed by atoms with Crippen molar-refractivity contribution in [2.45, 2.75) is 13.1 Å². The maximum atomic E-state index is 5.71. The first-order chi connectivity index (χ1) is 13.7.